The summed E-state index contributed by atoms with van der Waals surface area (Å²) in [5.41, 5.74) is 1.08. The minimum absolute atomic E-state index is 0.0127. The summed E-state index contributed by atoms with van der Waals surface area (Å²) < 4.78 is 34.3. The van der Waals surface area contributed by atoms with Crippen molar-refractivity contribution in [3.05, 3.63) is 52.5 Å². The number of rotatable bonds is 36. The van der Waals surface area contributed by atoms with Crippen LogP contribution in [-0.4, -0.2) is 179 Å². The van der Waals surface area contributed by atoms with Gasteiger partial charge in [-0.3, -0.25) is 28.9 Å². The molecule has 2 aromatic rings. The summed E-state index contributed by atoms with van der Waals surface area (Å²) in [7, 11) is 6.77. The van der Waals surface area contributed by atoms with Crippen LogP contribution in [0.1, 0.15) is 97.2 Å². The lowest BCUT2D eigenvalue weighted by Crippen LogP contribution is -2.60. The molecule has 9 atom stereocenters. The summed E-state index contributed by atoms with van der Waals surface area (Å²) in [6.07, 6.45) is 3.42. The zero-order valence-corrected chi connectivity index (χ0v) is 45.8. The van der Waals surface area contributed by atoms with Gasteiger partial charge in [-0.2, -0.15) is 0 Å². The number of methoxy groups -OCH3 is 2. The smallest absolute Gasteiger partial charge is 0.245 e. The molecule has 4 amide bonds. The van der Waals surface area contributed by atoms with Crippen LogP contribution in [0.25, 0.3) is 0 Å². The van der Waals surface area contributed by atoms with Gasteiger partial charge in [0.1, 0.15) is 11.0 Å². The second kappa shape index (κ2) is 33.3. The van der Waals surface area contributed by atoms with Crippen LogP contribution in [-0.2, 0) is 58.8 Å². The average Bonchev–Trinajstić information content (AvgIpc) is 4.07. The van der Waals surface area contributed by atoms with E-state index in [9.17, 15) is 24.0 Å². The van der Waals surface area contributed by atoms with Crippen molar-refractivity contribution in [3.8, 4) is 0 Å². The molecule has 1 unspecified atom stereocenters. The van der Waals surface area contributed by atoms with Crippen molar-refractivity contribution in [1.82, 2.24) is 30.3 Å². The minimum Gasteiger partial charge on any atom is -0.379 e. The molecule has 1 fully saturated rings. The highest BCUT2D eigenvalue weighted by atomic mass is 35.5. The fraction of sp³-hybridized carbons (Fsp3) is 0.731. The SMILES string of the molecule is CC[C@H](C)C([C@@H](CC(=O)N1CCC[C@H]1[C@H](OC)[C@@H](C)C(=O)N[C@@H](Cc1ccccc1)c1nccs1)OC)N(C)C(=O)[C@@H](NC(=O)[C@H](C(C)C)N(C)CCOCCOCCOCCOCCC(=O)Cl)C(C)C. The molecule has 3 rings (SSSR count). The maximum Gasteiger partial charge on any atom is 0.245 e. The number of aromatic nitrogens is 1. The average molecular weight is 1040 g/mol. The lowest BCUT2D eigenvalue weighted by atomic mass is 9.89. The number of hydrogen-bond acceptors (Lipinski definition) is 14. The van der Waals surface area contributed by atoms with Crippen molar-refractivity contribution in [3.63, 3.8) is 0 Å². The zero-order valence-electron chi connectivity index (χ0n) is 44.3. The topological polar surface area (TPSA) is 187 Å². The van der Waals surface area contributed by atoms with Gasteiger partial charge in [0, 0.05) is 52.4 Å². The van der Waals surface area contributed by atoms with Crippen LogP contribution in [0, 0.1) is 23.7 Å². The molecule has 0 radical (unpaired) electrons. The summed E-state index contributed by atoms with van der Waals surface area (Å²) in [6, 6.07) is 7.45. The van der Waals surface area contributed by atoms with E-state index in [2.05, 4.69) is 15.6 Å². The first-order chi connectivity index (χ1) is 34.0. The van der Waals surface area contributed by atoms with E-state index < -0.39 is 41.5 Å². The predicted molar refractivity (Wildman–Crippen MR) is 276 cm³/mol. The van der Waals surface area contributed by atoms with Crippen LogP contribution < -0.4 is 10.6 Å². The van der Waals surface area contributed by atoms with Crippen LogP contribution in [0.3, 0.4) is 0 Å². The number of nitrogens with zero attached hydrogens (tertiary/aromatic N) is 4. The molecule has 71 heavy (non-hydrogen) atoms. The Bertz CT molecular complexity index is 1850. The van der Waals surface area contributed by atoms with Crippen molar-refractivity contribution >= 4 is 51.8 Å². The summed E-state index contributed by atoms with van der Waals surface area (Å²) in [4.78, 5) is 78.0. The molecule has 2 heterocycles. The van der Waals surface area contributed by atoms with E-state index >= 15 is 0 Å². The number of hydrogen-bond donors (Lipinski definition) is 2. The number of ether oxygens (including phenoxy) is 6. The molecule has 17 nitrogen and oxygen atoms in total. The zero-order chi connectivity index (χ0) is 52.5. The number of nitrogens with one attached hydrogen (secondary N) is 2. The van der Waals surface area contributed by atoms with E-state index in [1.807, 2.05) is 101 Å². The molecule has 1 aliphatic rings. The van der Waals surface area contributed by atoms with Gasteiger partial charge in [0.15, 0.2) is 0 Å². The molecule has 19 heteroatoms. The Balaban J connectivity index is 1.61. The van der Waals surface area contributed by atoms with Crippen LogP contribution in [0.5, 0.6) is 0 Å². The van der Waals surface area contributed by atoms with Crippen molar-refractivity contribution in [2.45, 2.75) is 129 Å². The number of carbonyl (C=O) groups excluding carboxylic acids is 5. The quantitative estimate of drug-likeness (QED) is 0.0619. The molecule has 2 N–H and O–H groups in total. The Kier molecular flexibility index (Phi) is 28.9. The van der Waals surface area contributed by atoms with E-state index in [-0.39, 0.29) is 72.9 Å². The van der Waals surface area contributed by atoms with E-state index in [0.29, 0.717) is 78.6 Å². The van der Waals surface area contributed by atoms with Crippen molar-refractivity contribution in [2.24, 2.45) is 23.7 Å². The van der Waals surface area contributed by atoms with E-state index in [0.717, 1.165) is 17.0 Å². The molecular formula is C52H85ClN6O11S. The number of thiazole rings is 1. The van der Waals surface area contributed by atoms with Gasteiger partial charge in [-0.05, 0) is 61.2 Å². The maximum atomic E-state index is 14.6. The van der Waals surface area contributed by atoms with Gasteiger partial charge < -0.3 is 48.9 Å². The third-order valence-corrected chi connectivity index (χ3v) is 14.4. The summed E-state index contributed by atoms with van der Waals surface area (Å²) in [6.45, 7) is 17.7. The lowest BCUT2D eigenvalue weighted by molar-refractivity contribution is -0.148. The van der Waals surface area contributed by atoms with Crippen LogP contribution in [0.4, 0.5) is 0 Å². The van der Waals surface area contributed by atoms with Gasteiger partial charge in [0.25, 0.3) is 0 Å². The molecule has 1 aromatic carbocycles. The van der Waals surface area contributed by atoms with Crippen LogP contribution in [0.15, 0.2) is 41.9 Å². The molecule has 402 valence electrons. The first-order valence-corrected chi connectivity index (χ1v) is 26.6. The van der Waals surface area contributed by atoms with Crippen molar-refractivity contribution in [2.75, 3.05) is 94.3 Å². The van der Waals surface area contributed by atoms with Crippen molar-refractivity contribution < 1.29 is 52.4 Å². The first kappa shape index (κ1) is 61.7. The second-order valence-electron chi connectivity index (χ2n) is 19.2. The second-order valence-corrected chi connectivity index (χ2v) is 20.5. The molecule has 1 aromatic heterocycles. The predicted octanol–water partition coefficient (Wildman–Crippen LogP) is 5.78. The van der Waals surface area contributed by atoms with Gasteiger partial charge in [-0.1, -0.05) is 85.2 Å². The highest BCUT2D eigenvalue weighted by Crippen LogP contribution is 2.31. The molecule has 0 aliphatic carbocycles. The molecule has 0 spiro atoms. The fourth-order valence-corrected chi connectivity index (χ4v) is 10.1. The Labute approximate surface area is 432 Å². The Morgan fingerprint density at radius 3 is 1.99 bits per heavy atom. The summed E-state index contributed by atoms with van der Waals surface area (Å²) >= 11 is 6.78. The maximum absolute atomic E-state index is 14.6. The number of halogens is 1. The molecule has 1 aliphatic heterocycles. The Hall–Kier alpha value is -3.59. The highest BCUT2D eigenvalue weighted by molar-refractivity contribution is 7.09. The molecule has 1 saturated heterocycles. The number of carbonyl (C=O) groups is 5. The monoisotopic (exact) mass is 1040 g/mol. The van der Waals surface area contributed by atoms with Gasteiger partial charge in [-0.15, -0.1) is 11.3 Å². The highest BCUT2D eigenvalue weighted by Gasteiger charge is 2.43. The van der Waals surface area contributed by atoms with Gasteiger partial charge >= 0.3 is 0 Å². The van der Waals surface area contributed by atoms with E-state index in [1.165, 1.54) is 11.3 Å². The largest absolute Gasteiger partial charge is 0.379 e. The fourth-order valence-electron chi connectivity index (χ4n) is 9.31. The number of benzene rings is 1. The molecule has 0 bridgehead atoms. The number of likely N-dealkylation sites (tertiary alicyclic amines) is 1. The lowest BCUT2D eigenvalue weighted by Gasteiger charge is -2.41. The summed E-state index contributed by atoms with van der Waals surface area (Å²) in [5, 5.41) is 8.63. The summed E-state index contributed by atoms with van der Waals surface area (Å²) in [5.74, 6) is -1.79. The van der Waals surface area contributed by atoms with Gasteiger partial charge in [0.05, 0.1) is 102 Å². The van der Waals surface area contributed by atoms with Gasteiger partial charge in [0.2, 0.25) is 28.9 Å². The van der Waals surface area contributed by atoms with Crippen LogP contribution >= 0.6 is 22.9 Å². The van der Waals surface area contributed by atoms with Gasteiger partial charge in [-0.25, -0.2) is 4.98 Å². The third kappa shape index (κ3) is 20.3. The normalized spacial score (nSPS) is 17.4. The number of likely N-dealkylation sites (N-methyl/N-ethyl adjacent to an activating group) is 2. The number of amides is 4. The third-order valence-electron chi connectivity index (χ3n) is 13.4. The standard InChI is InChI=1S/C52H85ClN6O11S/c1-12-37(6)47(58(9)52(64)45(35(2)3)56-50(63)46(36(4)5)57(8)23-25-68-27-29-70-31-30-69-28-26-67-24-20-43(53)60)42(65-10)34-44(61)59-22-16-19-41(59)48(66-11)38(7)49(62)55-40(51-54-21-32-71-51)33-39-17-14-13-15-18-39/h13-15,17-18,21,32,35-38,40-42,45-48H,12,16,19-20,22-31,33-34H2,1-11H3,(H,55,62)(H,56,63)/t37-,38+,40-,41-,42+,45-,46-,47?,48+/m0/s1. The molecule has 0 saturated carbocycles. The Morgan fingerprint density at radius 1 is 0.831 bits per heavy atom. The first-order valence-electron chi connectivity index (χ1n) is 25.3. The Morgan fingerprint density at radius 2 is 1.45 bits per heavy atom. The van der Waals surface area contributed by atoms with E-state index in [4.69, 9.17) is 40.0 Å². The van der Waals surface area contributed by atoms with Crippen LogP contribution in [0.2, 0.25) is 0 Å². The molecular weight excluding hydrogens is 952 g/mol. The van der Waals surface area contributed by atoms with Crippen molar-refractivity contribution in [1.29, 1.82) is 0 Å². The minimum atomic E-state index is -0.839. The van der Waals surface area contributed by atoms with E-state index in [1.54, 1.807) is 32.4 Å².